The van der Waals surface area contributed by atoms with Gasteiger partial charge in [0.2, 0.25) is 0 Å². The van der Waals surface area contributed by atoms with Gasteiger partial charge in [-0.05, 0) is 43.3 Å². The predicted molar refractivity (Wildman–Crippen MR) is 101 cm³/mol. The third kappa shape index (κ3) is 5.93. The van der Waals surface area contributed by atoms with Crippen molar-refractivity contribution >= 4 is 23.5 Å². The van der Waals surface area contributed by atoms with Gasteiger partial charge in [-0.25, -0.2) is 0 Å². The number of para-hydroxylation sites is 1. The molecule has 0 aliphatic rings. The Hall–Kier alpha value is -3.19. The second kappa shape index (κ2) is 8.95. The molecule has 0 aromatic heterocycles. The fraction of sp³-hybridized carbons (Fsp3) is 0.250. The maximum atomic E-state index is 12.4. The number of rotatable bonds is 8. The van der Waals surface area contributed by atoms with E-state index in [9.17, 15) is 14.4 Å². The Labute approximate surface area is 157 Å². The van der Waals surface area contributed by atoms with Gasteiger partial charge in [0.05, 0.1) is 18.6 Å². The molecule has 1 unspecified atom stereocenters. The molecule has 2 aromatic carbocycles. The number of carboxylic acids is 1. The molecule has 3 N–H and O–H groups in total. The van der Waals surface area contributed by atoms with Crippen LogP contribution in [-0.2, 0) is 9.53 Å². The summed E-state index contributed by atoms with van der Waals surface area (Å²) in [4.78, 5) is 35.7. The summed E-state index contributed by atoms with van der Waals surface area (Å²) in [5.74, 6) is -1.77. The van der Waals surface area contributed by atoms with E-state index in [2.05, 4.69) is 10.6 Å². The zero-order valence-electron chi connectivity index (χ0n) is 15.2. The van der Waals surface area contributed by atoms with Crippen LogP contribution < -0.4 is 10.6 Å². The zero-order valence-corrected chi connectivity index (χ0v) is 15.2. The number of carbonyl (C=O) groups is 3. The summed E-state index contributed by atoms with van der Waals surface area (Å²) >= 11 is 0. The fourth-order valence-corrected chi connectivity index (χ4v) is 2.63. The van der Waals surface area contributed by atoms with Crippen molar-refractivity contribution in [1.29, 1.82) is 0 Å². The quantitative estimate of drug-likeness (QED) is 0.662. The van der Waals surface area contributed by atoms with Crippen LogP contribution in [0.1, 0.15) is 34.1 Å². The highest BCUT2D eigenvalue weighted by molar-refractivity contribution is 6.05. The fourth-order valence-electron chi connectivity index (χ4n) is 2.63. The minimum atomic E-state index is -1.04. The number of aliphatic carboxylic acids is 1. The van der Waals surface area contributed by atoms with E-state index in [1.165, 1.54) is 31.4 Å². The molecule has 0 spiro atoms. The summed E-state index contributed by atoms with van der Waals surface area (Å²) in [5, 5.41) is 14.5. The molecule has 27 heavy (non-hydrogen) atoms. The maximum Gasteiger partial charge on any atom is 0.305 e. The van der Waals surface area contributed by atoms with Crippen LogP contribution in [0.15, 0.2) is 54.6 Å². The van der Waals surface area contributed by atoms with Gasteiger partial charge >= 0.3 is 5.97 Å². The van der Waals surface area contributed by atoms with Crippen molar-refractivity contribution in [2.45, 2.75) is 18.9 Å². The van der Waals surface area contributed by atoms with Gasteiger partial charge in [0.15, 0.2) is 0 Å². The predicted octanol–water partition coefficient (Wildman–Crippen LogP) is 2.55. The number of carbonyl (C=O) groups excluding carboxylic acids is 2. The molecule has 0 heterocycles. The van der Waals surface area contributed by atoms with Gasteiger partial charge in [-0.3, -0.25) is 14.4 Å². The third-order valence-electron chi connectivity index (χ3n) is 3.86. The second-order valence-electron chi connectivity index (χ2n) is 6.42. The molecule has 142 valence electrons. The molecule has 0 radical (unpaired) electrons. The lowest BCUT2D eigenvalue weighted by atomic mass is 9.98. The van der Waals surface area contributed by atoms with E-state index in [4.69, 9.17) is 9.84 Å². The van der Waals surface area contributed by atoms with Crippen LogP contribution in [0.2, 0.25) is 0 Å². The number of anilines is 1. The smallest absolute Gasteiger partial charge is 0.305 e. The number of benzene rings is 2. The Morgan fingerprint density at radius 1 is 0.963 bits per heavy atom. The number of carboxylic acid groups (broad SMARTS) is 1. The molecule has 2 amide bonds. The highest BCUT2D eigenvalue weighted by atomic mass is 16.5. The van der Waals surface area contributed by atoms with Gasteiger partial charge < -0.3 is 20.5 Å². The Morgan fingerprint density at radius 3 is 2.04 bits per heavy atom. The first-order valence-corrected chi connectivity index (χ1v) is 8.33. The van der Waals surface area contributed by atoms with Crippen molar-refractivity contribution in [2.24, 2.45) is 0 Å². The average molecular weight is 370 g/mol. The largest absolute Gasteiger partial charge is 0.481 e. The van der Waals surface area contributed by atoms with Gasteiger partial charge in [-0.15, -0.1) is 0 Å². The summed E-state index contributed by atoms with van der Waals surface area (Å²) in [6.45, 7) is 1.66. The van der Waals surface area contributed by atoms with Crippen molar-refractivity contribution in [3.63, 3.8) is 0 Å². The van der Waals surface area contributed by atoms with Gasteiger partial charge in [-0.1, -0.05) is 18.2 Å². The number of methoxy groups -OCH3 is 1. The number of nitrogens with one attached hydrogen (secondary N) is 2. The molecule has 2 aromatic rings. The second-order valence-corrected chi connectivity index (χ2v) is 6.42. The van der Waals surface area contributed by atoms with E-state index in [-0.39, 0.29) is 18.9 Å². The van der Waals surface area contributed by atoms with E-state index < -0.39 is 17.4 Å². The standard InChI is InChI=1S/C20H22N2O5/c1-20(13-27-2,12-17(23)24)22-19(26)15-10-8-14(9-11-15)18(25)21-16-6-4-3-5-7-16/h3-11H,12-13H2,1-2H3,(H,21,25)(H,22,26)(H,23,24). The van der Waals surface area contributed by atoms with E-state index in [1.54, 1.807) is 19.1 Å². The lowest BCUT2D eigenvalue weighted by molar-refractivity contribution is -0.139. The Bertz CT molecular complexity index is 805. The average Bonchev–Trinajstić information content (AvgIpc) is 2.62. The van der Waals surface area contributed by atoms with E-state index in [0.29, 0.717) is 16.8 Å². The number of amides is 2. The summed E-state index contributed by atoms with van der Waals surface area (Å²) in [6, 6.07) is 15.2. The van der Waals surface area contributed by atoms with Gasteiger partial charge in [0.1, 0.15) is 0 Å². The molecular weight excluding hydrogens is 348 g/mol. The van der Waals surface area contributed by atoms with Crippen LogP contribution in [0.3, 0.4) is 0 Å². The van der Waals surface area contributed by atoms with Crippen LogP contribution >= 0.6 is 0 Å². The van der Waals surface area contributed by atoms with Crippen LogP contribution in [0.4, 0.5) is 5.69 Å². The first-order chi connectivity index (χ1) is 12.8. The van der Waals surface area contributed by atoms with Crippen LogP contribution in [0, 0.1) is 0 Å². The van der Waals surface area contributed by atoms with E-state index in [0.717, 1.165) is 0 Å². The molecule has 1 atom stereocenters. The Morgan fingerprint density at radius 2 is 1.52 bits per heavy atom. The Kier molecular flexibility index (Phi) is 6.67. The molecule has 7 heteroatoms. The molecule has 0 aliphatic heterocycles. The maximum absolute atomic E-state index is 12.4. The van der Waals surface area contributed by atoms with Crippen LogP contribution in [0.25, 0.3) is 0 Å². The summed E-state index contributed by atoms with van der Waals surface area (Å²) in [7, 11) is 1.44. The molecule has 0 saturated heterocycles. The summed E-state index contributed by atoms with van der Waals surface area (Å²) < 4.78 is 5.02. The molecule has 0 fully saturated rings. The highest BCUT2D eigenvalue weighted by Gasteiger charge is 2.30. The molecule has 2 rings (SSSR count). The molecule has 0 bridgehead atoms. The van der Waals surface area contributed by atoms with E-state index >= 15 is 0 Å². The topological polar surface area (TPSA) is 105 Å². The number of hydrogen-bond donors (Lipinski definition) is 3. The summed E-state index contributed by atoms with van der Waals surface area (Å²) in [6.07, 6.45) is -0.274. The van der Waals surface area contributed by atoms with Crippen molar-refractivity contribution < 1.29 is 24.2 Å². The van der Waals surface area contributed by atoms with Crippen molar-refractivity contribution in [3.05, 3.63) is 65.7 Å². The zero-order chi connectivity index (χ0) is 19.9. The van der Waals surface area contributed by atoms with Crippen molar-refractivity contribution in [3.8, 4) is 0 Å². The number of ether oxygens (including phenoxy) is 1. The lowest BCUT2D eigenvalue weighted by Gasteiger charge is -2.28. The SMILES string of the molecule is COCC(C)(CC(=O)O)NC(=O)c1ccc(C(=O)Nc2ccccc2)cc1. The van der Waals surface area contributed by atoms with Crippen LogP contribution in [0.5, 0.6) is 0 Å². The van der Waals surface area contributed by atoms with Crippen molar-refractivity contribution in [2.75, 3.05) is 19.0 Å². The Balaban J connectivity index is 2.06. The lowest BCUT2D eigenvalue weighted by Crippen LogP contribution is -2.50. The van der Waals surface area contributed by atoms with Crippen LogP contribution in [-0.4, -0.2) is 42.1 Å². The molecule has 0 aliphatic carbocycles. The highest BCUT2D eigenvalue weighted by Crippen LogP contribution is 2.14. The van der Waals surface area contributed by atoms with Gasteiger partial charge in [-0.2, -0.15) is 0 Å². The minimum absolute atomic E-state index is 0.0581. The number of hydrogen-bond acceptors (Lipinski definition) is 4. The molecule has 0 saturated carbocycles. The molecule has 7 nitrogen and oxygen atoms in total. The molecular formula is C20H22N2O5. The first kappa shape index (κ1) is 20.1. The van der Waals surface area contributed by atoms with Gasteiger partial charge in [0, 0.05) is 23.9 Å². The van der Waals surface area contributed by atoms with Gasteiger partial charge in [0.25, 0.3) is 11.8 Å². The van der Waals surface area contributed by atoms with Crippen molar-refractivity contribution in [1.82, 2.24) is 5.32 Å². The normalized spacial score (nSPS) is 12.7. The monoisotopic (exact) mass is 370 g/mol. The minimum Gasteiger partial charge on any atom is -0.481 e. The third-order valence-corrected chi connectivity index (χ3v) is 3.86. The first-order valence-electron chi connectivity index (χ1n) is 8.33. The summed E-state index contributed by atoms with van der Waals surface area (Å²) in [5.41, 5.74) is 0.356. The van der Waals surface area contributed by atoms with E-state index in [1.807, 2.05) is 18.2 Å².